The Morgan fingerprint density at radius 2 is 1.83 bits per heavy atom. The van der Waals surface area contributed by atoms with Gasteiger partial charge in [-0.25, -0.2) is 4.39 Å². The summed E-state index contributed by atoms with van der Waals surface area (Å²) in [5.74, 6) is -0.176. The number of halogens is 1. The van der Waals surface area contributed by atoms with Gasteiger partial charge in [0.05, 0.1) is 11.3 Å². The molecule has 0 spiro atoms. The number of benzene rings is 2. The Balaban J connectivity index is 1.54. The molecule has 7 heteroatoms. The van der Waals surface area contributed by atoms with Crippen molar-refractivity contribution in [2.24, 2.45) is 0 Å². The second-order valence-electron chi connectivity index (χ2n) is 7.17. The maximum atomic E-state index is 13.0. The summed E-state index contributed by atoms with van der Waals surface area (Å²) in [5, 5.41) is 13.3. The molecule has 0 radical (unpaired) electrons. The van der Waals surface area contributed by atoms with Crippen LogP contribution >= 0.6 is 11.8 Å². The van der Waals surface area contributed by atoms with Crippen molar-refractivity contribution in [1.82, 2.24) is 19.9 Å². The summed E-state index contributed by atoms with van der Waals surface area (Å²) in [6.07, 6.45) is 0. The van der Waals surface area contributed by atoms with Crippen molar-refractivity contribution in [3.05, 3.63) is 70.5 Å². The van der Waals surface area contributed by atoms with Crippen LogP contribution in [0.4, 0.5) is 4.39 Å². The molecular weight excluding hydrogens is 387 g/mol. The van der Waals surface area contributed by atoms with Gasteiger partial charge in [0, 0.05) is 11.9 Å². The molecule has 0 aliphatic heterocycles. The van der Waals surface area contributed by atoms with Crippen LogP contribution in [-0.2, 0) is 11.3 Å². The van der Waals surface area contributed by atoms with Gasteiger partial charge in [-0.2, -0.15) is 0 Å². The molecule has 2 aromatic carbocycles. The molecule has 0 saturated carbocycles. The lowest BCUT2D eigenvalue weighted by molar-refractivity contribution is -0.118. The van der Waals surface area contributed by atoms with Crippen molar-refractivity contribution >= 4 is 34.2 Å². The smallest absolute Gasteiger partial charge is 0.230 e. The number of fused-ring (bicyclic) bond motifs is 3. The monoisotopic (exact) mass is 408 g/mol. The van der Waals surface area contributed by atoms with Crippen molar-refractivity contribution in [2.45, 2.75) is 32.5 Å². The third kappa shape index (κ3) is 3.96. The van der Waals surface area contributed by atoms with E-state index in [1.165, 1.54) is 29.5 Å². The number of aromatic nitrogens is 3. The normalized spacial score (nSPS) is 11.3. The molecule has 1 amide bonds. The van der Waals surface area contributed by atoms with Gasteiger partial charge < -0.3 is 5.32 Å². The molecule has 2 heterocycles. The van der Waals surface area contributed by atoms with Crippen LogP contribution in [0, 0.1) is 26.6 Å². The summed E-state index contributed by atoms with van der Waals surface area (Å²) in [6, 6.07) is 12.4. The largest absolute Gasteiger partial charge is 0.351 e. The van der Waals surface area contributed by atoms with Gasteiger partial charge in [-0.05, 0) is 61.7 Å². The minimum Gasteiger partial charge on any atom is -0.351 e. The first-order chi connectivity index (χ1) is 13.9. The van der Waals surface area contributed by atoms with Gasteiger partial charge in [0.2, 0.25) is 5.91 Å². The van der Waals surface area contributed by atoms with Crippen molar-refractivity contribution in [1.29, 1.82) is 0 Å². The summed E-state index contributed by atoms with van der Waals surface area (Å²) in [4.78, 5) is 12.3. The Kier molecular flexibility index (Phi) is 5.24. The quantitative estimate of drug-likeness (QED) is 0.499. The van der Waals surface area contributed by atoms with E-state index in [4.69, 9.17) is 0 Å². The van der Waals surface area contributed by atoms with Crippen molar-refractivity contribution in [3.8, 4) is 0 Å². The highest BCUT2D eigenvalue weighted by atomic mass is 32.2. The Bertz CT molecular complexity index is 1220. The molecule has 0 saturated heterocycles. The molecule has 29 heavy (non-hydrogen) atoms. The second kappa shape index (κ2) is 7.83. The van der Waals surface area contributed by atoms with E-state index >= 15 is 0 Å². The number of carbonyl (C=O) groups is 1. The van der Waals surface area contributed by atoms with Crippen molar-refractivity contribution in [2.75, 3.05) is 5.75 Å². The van der Waals surface area contributed by atoms with E-state index in [0.29, 0.717) is 11.7 Å². The number of hydrogen-bond acceptors (Lipinski definition) is 4. The van der Waals surface area contributed by atoms with E-state index in [2.05, 4.69) is 48.4 Å². The highest BCUT2D eigenvalue weighted by Gasteiger charge is 2.15. The minimum atomic E-state index is -0.290. The average Bonchev–Trinajstić information content (AvgIpc) is 3.08. The topological polar surface area (TPSA) is 59.3 Å². The molecule has 4 rings (SSSR count). The lowest BCUT2D eigenvalue weighted by atomic mass is 10.0. The predicted molar refractivity (Wildman–Crippen MR) is 114 cm³/mol. The number of hydrogen-bond donors (Lipinski definition) is 1. The molecule has 0 bridgehead atoms. The summed E-state index contributed by atoms with van der Waals surface area (Å²) in [5.41, 5.74) is 6.21. The standard InChI is InChI=1S/C22H21FN4OS/c1-13-8-15(3)21-18(9-13)14(2)10-19-25-26-22(27(19)21)29-12-20(28)24-11-16-4-6-17(23)7-5-16/h4-10H,11-12H2,1-3H3,(H,24,28). The van der Waals surface area contributed by atoms with E-state index in [-0.39, 0.29) is 17.5 Å². The van der Waals surface area contributed by atoms with Crippen LogP contribution in [0.5, 0.6) is 0 Å². The Hall–Kier alpha value is -2.93. The van der Waals surface area contributed by atoms with Crippen molar-refractivity contribution < 1.29 is 9.18 Å². The van der Waals surface area contributed by atoms with Gasteiger partial charge in [0.25, 0.3) is 0 Å². The zero-order valence-corrected chi connectivity index (χ0v) is 17.3. The molecule has 0 fully saturated rings. The zero-order valence-electron chi connectivity index (χ0n) is 16.5. The van der Waals surface area contributed by atoms with Gasteiger partial charge in [0.15, 0.2) is 10.8 Å². The molecule has 5 nitrogen and oxygen atoms in total. The van der Waals surface area contributed by atoms with E-state index in [0.717, 1.165) is 33.2 Å². The van der Waals surface area contributed by atoms with Crippen LogP contribution in [-0.4, -0.2) is 26.3 Å². The highest BCUT2D eigenvalue weighted by molar-refractivity contribution is 7.99. The molecule has 0 atom stereocenters. The summed E-state index contributed by atoms with van der Waals surface area (Å²) < 4.78 is 15.0. The Labute approximate surface area is 172 Å². The van der Waals surface area contributed by atoms with Gasteiger partial charge in [-0.15, -0.1) is 10.2 Å². The maximum Gasteiger partial charge on any atom is 0.230 e. The predicted octanol–water partition coefficient (Wildman–Crippen LogP) is 4.36. The summed E-state index contributed by atoms with van der Waals surface area (Å²) in [7, 11) is 0. The number of pyridine rings is 1. The number of thioether (sulfide) groups is 1. The second-order valence-corrected chi connectivity index (χ2v) is 8.12. The summed E-state index contributed by atoms with van der Waals surface area (Å²) in [6.45, 7) is 6.60. The van der Waals surface area contributed by atoms with Crippen LogP contribution in [0.3, 0.4) is 0 Å². The van der Waals surface area contributed by atoms with Gasteiger partial charge in [-0.1, -0.05) is 35.5 Å². The third-order valence-electron chi connectivity index (χ3n) is 4.83. The molecule has 2 aromatic heterocycles. The number of nitrogens with one attached hydrogen (secondary N) is 1. The van der Waals surface area contributed by atoms with Gasteiger partial charge >= 0.3 is 0 Å². The first-order valence-electron chi connectivity index (χ1n) is 9.32. The number of carbonyl (C=O) groups excluding carboxylic acids is 1. The summed E-state index contributed by atoms with van der Waals surface area (Å²) >= 11 is 1.35. The molecule has 0 aliphatic carbocycles. The fraction of sp³-hybridized carbons (Fsp3) is 0.227. The fourth-order valence-electron chi connectivity index (χ4n) is 3.49. The first kappa shape index (κ1) is 19.4. The number of rotatable bonds is 5. The van der Waals surface area contributed by atoms with Gasteiger partial charge in [0.1, 0.15) is 5.82 Å². The van der Waals surface area contributed by atoms with E-state index < -0.39 is 0 Å². The average molecular weight is 409 g/mol. The minimum absolute atomic E-state index is 0.111. The van der Waals surface area contributed by atoms with Crippen LogP contribution in [0.15, 0.2) is 47.6 Å². The van der Waals surface area contributed by atoms with Crippen LogP contribution < -0.4 is 5.32 Å². The van der Waals surface area contributed by atoms with Gasteiger partial charge in [-0.3, -0.25) is 9.20 Å². The maximum absolute atomic E-state index is 13.0. The number of nitrogens with zero attached hydrogens (tertiary/aromatic N) is 3. The zero-order chi connectivity index (χ0) is 20.5. The molecule has 148 valence electrons. The molecule has 4 aromatic rings. The molecule has 0 aliphatic rings. The highest BCUT2D eigenvalue weighted by Crippen LogP contribution is 2.29. The van der Waals surface area contributed by atoms with Crippen LogP contribution in [0.25, 0.3) is 16.6 Å². The SMILES string of the molecule is Cc1cc(C)c2c(c1)c(C)cc1nnc(SCC(=O)NCc3ccc(F)cc3)n12. The molecule has 0 unspecified atom stereocenters. The number of amides is 1. The first-order valence-corrected chi connectivity index (χ1v) is 10.3. The number of aryl methyl sites for hydroxylation is 3. The van der Waals surface area contributed by atoms with Crippen LogP contribution in [0.2, 0.25) is 0 Å². The Morgan fingerprint density at radius 1 is 1.07 bits per heavy atom. The Morgan fingerprint density at radius 3 is 2.59 bits per heavy atom. The van der Waals surface area contributed by atoms with E-state index in [1.54, 1.807) is 12.1 Å². The fourth-order valence-corrected chi connectivity index (χ4v) is 4.27. The molecular formula is C22H21FN4OS. The lowest BCUT2D eigenvalue weighted by Gasteiger charge is -2.11. The van der Waals surface area contributed by atoms with Crippen LogP contribution in [0.1, 0.15) is 22.3 Å². The third-order valence-corrected chi connectivity index (χ3v) is 5.76. The van der Waals surface area contributed by atoms with E-state index in [1.807, 2.05) is 10.5 Å². The van der Waals surface area contributed by atoms with Crippen molar-refractivity contribution in [3.63, 3.8) is 0 Å². The van der Waals surface area contributed by atoms with E-state index in [9.17, 15) is 9.18 Å². The molecule has 1 N–H and O–H groups in total. The lowest BCUT2D eigenvalue weighted by Crippen LogP contribution is -2.24.